The molecule has 0 radical (unpaired) electrons. The van der Waals surface area contributed by atoms with E-state index in [1.165, 1.54) is 6.92 Å². The second-order valence-electron chi connectivity index (χ2n) is 3.82. The summed E-state index contributed by atoms with van der Waals surface area (Å²) < 4.78 is 0. The molecule has 1 atom stereocenters. The Bertz CT molecular complexity index is 228. The highest BCUT2D eigenvalue weighted by Crippen LogP contribution is 2.33. The van der Waals surface area contributed by atoms with Crippen molar-refractivity contribution in [2.75, 3.05) is 5.75 Å². The van der Waals surface area contributed by atoms with Gasteiger partial charge in [-0.25, -0.2) is 0 Å². The highest BCUT2D eigenvalue weighted by molar-refractivity contribution is 8.13. The maximum Gasteiger partial charge on any atom is 0.310 e. The number of rotatable bonds is 7. The van der Waals surface area contributed by atoms with Gasteiger partial charge in [0.15, 0.2) is 5.12 Å². The lowest BCUT2D eigenvalue weighted by molar-refractivity contribution is -0.148. The zero-order chi connectivity index (χ0) is 11.9. The molecule has 15 heavy (non-hydrogen) atoms. The molecule has 0 rings (SSSR count). The van der Waals surface area contributed by atoms with Crippen molar-refractivity contribution >= 4 is 22.8 Å². The molecule has 88 valence electrons. The van der Waals surface area contributed by atoms with E-state index in [-0.39, 0.29) is 5.12 Å². The molecule has 3 nitrogen and oxygen atoms in total. The highest BCUT2D eigenvalue weighted by Gasteiger charge is 2.36. The summed E-state index contributed by atoms with van der Waals surface area (Å²) in [5, 5.41) is 9.23. The van der Waals surface area contributed by atoms with Crippen molar-refractivity contribution in [1.82, 2.24) is 0 Å². The molecule has 0 aromatic rings. The normalized spacial score (nSPS) is 14.6. The molecule has 0 saturated heterocycles. The molecular formula is C11H20O3S. The van der Waals surface area contributed by atoms with E-state index in [0.29, 0.717) is 18.6 Å². The highest BCUT2D eigenvalue weighted by atomic mass is 32.2. The third kappa shape index (κ3) is 4.69. The van der Waals surface area contributed by atoms with Gasteiger partial charge in [-0.3, -0.25) is 9.59 Å². The number of carbonyl (C=O) groups is 2. The Labute approximate surface area is 95.6 Å². The van der Waals surface area contributed by atoms with E-state index in [9.17, 15) is 14.7 Å². The SMILES string of the molecule is CCCC[C@@](CC)(CSC(C)=O)C(=O)O. The molecule has 0 unspecified atom stereocenters. The van der Waals surface area contributed by atoms with Crippen molar-refractivity contribution in [2.24, 2.45) is 5.41 Å². The summed E-state index contributed by atoms with van der Waals surface area (Å²) in [6.07, 6.45) is 3.14. The third-order valence-corrected chi connectivity index (χ3v) is 3.79. The van der Waals surface area contributed by atoms with Crippen LogP contribution in [0.4, 0.5) is 0 Å². The van der Waals surface area contributed by atoms with Crippen LogP contribution in [0.5, 0.6) is 0 Å². The van der Waals surface area contributed by atoms with Gasteiger partial charge in [-0.05, 0) is 12.8 Å². The number of thioether (sulfide) groups is 1. The van der Waals surface area contributed by atoms with Gasteiger partial charge in [0.25, 0.3) is 0 Å². The van der Waals surface area contributed by atoms with Crippen molar-refractivity contribution in [2.45, 2.75) is 46.5 Å². The largest absolute Gasteiger partial charge is 0.481 e. The number of carbonyl (C=O) groups excluding carboxylic acids is 1. The Kier molecular flexibility index (Phi) is 6.65. The van der Waals surface area contributed by atoms with Crippen LogP contribution in [0.1, 0.15) is 46.5 Å². The van der Waals surface area contributed by atoms with Gasteiger partial charge >= 0.3 is 5.97 Å². The summed E-state index contributed by atoms with van der Waals surface area (Å²) in [5.74, 6) is -0.374. The Morgan fingerprint density at radius 2 is 1.93 bits per heavy atom. The molecule has 0 aromatic carbocycles. The average molecular weight is 232 g/mol. The molecule has 4 heteroatoms. The van der Waals surface area contributed by atoms with Gasteiger partial charge in [0.05, 0.1) is 5.41 Å². The van der Waals surface area contributed by atoms with Crippen LogP contribution in [0.2, 0.25) is 0 Å². The van der Waals surface area contributed by atoms with E-state index in [0.717, 1.165) is 24.6 Å². The maximum absolute atomic E-state index is 11.2. The smallest absolute Gasteiger partial charge is 0.310 e. The van der Waals surface area contributed by atoms with Crippen molar-refractivity contribution in [1.29, 1.82) is 0 Å². The summed E-state index contributed by atoms with van der Waals surface area (Å²) in [6.45, 7) is 5.40. The molecule has 0 amide bonds. The zero-order valence-electron chi connectivity index (χ0n) is 9.71. The van der Waals surface area contributed by atoms with E-state index in [4.69, 9.17) is 0 Å². The van der Waals surface area contributed by atoms with E-state index >= 15 is 0 Å². The van der Waals surface area contributed by atoms with Gasteiger partial charge in [0.1, 0.15) is 0 Å². The van der Waals surface area contributed by atoms with Crippen LogP contribution in [0.3, 0.4) is 0 Å². The van der Waals surface area contributed by atoms with Gasteiger partial charge in [-0.1, -0.05) is 38.5 Å². The van der Waals surface area contributed by atoms with Crippen LogP contribution < -0.4 is 0 Å². The summed E-state index contributed by atoms with van der Waals surface area (Å²) in [7, 11) is 0. The summed E-state index contributed by atoms with van der Waals surface area (Å²) in [6, 6.07) is 0. The molecular weight excluding hydrogens is 212 g/mol. The van der Waals surface area contributed by atoms with E-state index in [2.05, 4.69) is 0 Å². The molecule has 0 fully saturated rings. The predicted molar refractivity (Wildman–Crippen MR) is 63.0 cm³/mol. The van der Waals surface area contributed by atoms with Crippen molar-refractivity contribution < 1.29 is 14.7 Å². The molecule has 0 spiro atoms. The van der Waals surface area contributed by atoms with E-state index < -0.39 is 11.4 Å². The fourth-order valence-electron chi connectivity index (χ4n) is 1.43. The lowest BCUT2D eigenvalue weighted by Gasteiger charge is -2.27. The minimum atomic E-state index is -0.771. The first-order valence-electron chi connectivity index (χ1n) is 5.35. The molecule has 0 heterocycles. The van der Waals surface area contributed by atoms with Crippen LogP contribution in [-0.2, 0) is 9.59 Å². The quantitative estimate of drug-likeness (QED) is 0.733. The lowest BCUT2D eigenvalue weighted by Crippen LogP contribution is -2.33. The van der Waals surface area contributed by atoms with Gasteiger partial charge in [0.2, 0.25) is 0 Å². The predicted octanol–water partition coefficient (Wildman–Crippen LogP) is 2.94. The molecule has 0 bridgehead atoms. The first-order valence-corrected chi connectivity index (χ1v) is 6.34. The third-order valence-electron chi connectivity index (χ3n) is 2.69. The fourth-order valence-corrected chi connectivity index (χ4v) is 2.38. The van der Waals surface area contributed by atoms with E-state index in [1.807, 2.05) is 13.8 Å². The topological polar surface area (TPSA) is 54.4 Å². The molecule has 1 N–H and O–H groups in total. The van der Waals surface area contributed by atoms with E-state index in [1.54, 1.807) is 0 Å². The molecule has 0 aliphatic heterocycles. The number of hydrogen-bond acceptors (Lipinski definition) is 3. The summed E-state index contributed by atoms with van der Waals surface area (Å²) >= 11 is 1.12. The standard InChI is InChI=1S/C11H20O3S/c1-4-6-7-11(5-2,10(13)14)8-15-9(3)12/h4-8H2,1-3H3,(H,13,14)/t11-/m0/s1. The van der Waals surface area contributed by atoms with Crippen LogP contribution >= 0.6 is 11.8 Å². The van der Waals surface area contributed by atoms with Gasteiger partial charge in [-0.2, -0.15) is 0 Å². The van der Waals surface area contributed by atoms with Crippen LogP contribution in [0.15, 0.2) is 0 Å². The van der Waals surface area contributed by atoms with Crippen LogP contribution in [0.25, 0.3) is 0 Å². The number of hydrogen-bond donors (Lipinski definition) is 1. The Morgan fingerprint density at radius 3 is 2.27 bits per heavy atom. The Hall–Kier alpha value is -0.510. The molecule has 0 aliphatic carbocycles. The minimum absolute atomic E-state index is 0.00873. The Balaban J connectivity index is 4.50. The molecule has 0 aromatic heterocycles. The number of carboxylic acid groups (broad SMARTS) is 1. The number of carboxylic acids is 1. The maximum atomic E-state index is 11.2. The van der Waals surface area contributed by atoms with Crippen molar-refractivity contribution in [3.05, 3.63) is 0 Å². The molecule has 0 saturated carbocycles. The minimum Gasteiger partial charge on any atom is -0.481 e. The van der Waals surface area contributed by atoms with Crippen LogP contribution in [0, 0.1) is 5.41 Å². The Morgan fingerprint density at radius 1 is 1.33 bits per heavy atom. The molecule has 0 aliphatic rings. The average Bonchev–Trinajstić information content (AvgIpc) is 2.18. The summed E-state index contributed by atoms with van der Waals surface area (Å²) in [4.78, 5) is 22.1. The summed E-state index contributed by atoms with van der Waals surface area (Å²) in [5.41, 5.74) is -0.716. The first kappa shape index (κ1) is 14.5. The van der Waals surface area contributed by atoms with Crippen molar-refractivity contribution in [3.8, 4) is 0 Å². The van der Waals surface area contributed by atoms with Crippen molar-refractivity contribution in [3.63, 3.8) is 0 Å². The monoisotopic (exact) mass is 232 g/mol. The number of aliphatic carboxylic acids is 1. The van der Waals surface area contributed by atoms with Gasteiger partial charge in [0, 0.05) is 12.7 Å². The second-order valence-corrected chi connectivity index (χ2v) is 4.98. The zero-order valence-corrected chi connectivity index (χ0v) is 10.5. The fraction of sp³-hybridized carbons (Fsp3) is 0.818. The van der Waals surface area contributed by atoms with Crippen LogP contribution in [-0.4, -0.2) is 21.9 Å². The number of unbranched alkanes of at least 4 members (excludes halogenated alkanes) is 1. The first-order chi connectivity index (χ1) is 6.98. The second kappa shape index (κ2) is 6.88. The lowest BCUT2D eigenvalue weighted by atomic mass is 9.82. The van der Waals surface area contributed by atoms with Gasteiger partial charge < -0.3 is 5.11 Å². The van der Waals surface area contributed by atoms with Gasteiger partial charge in [-0.15, -0.1) is 0 Å².